The smallest absolute Gasteiger partial charge is 0.336 e. The van der Waals surface area contributed by atoms with Crippen LogP contribution in [0.1, 0.15) is 11.1 Å². The predicted molar refractivity (Wildman–Crippen MR) is 90.5 cm³/mol. The summed E-state index contributed by atoms with van der Waals surface area (Å²) < 4.78 is 10.6. The topological polar surface area (TPSA) is 85.7 Å². The molecule has 0 aliphatic heterocycles. The molecule has 5 nitrogen and oxygen atoms in total. The first-order chi connectivity index (χ1) is 11.1. The van der Waals surface area contributed by atoms with E-state index in [0.29, 0.717) is 28.1 Å². The van der Waals surface area contributed by atoms with Gasteiger partial charge in [0.25, 0.3) is 0 Å². The molecule has 2 aromatic carbocycles. The Bertz CT molecular complexity index is 957. The molecule has 3 rings (SSSR count). The molecule has 1 aromatic heterocycles. The molecule has 0 atom stereocenters. The molecule has 0 fully saturated rings. The van der Waals surface area contributed by atoms with Gasteiger partial charge in [-0.25, -0.2) is 4.79 Å². The molecule has 0 aliphatic carbocycles. The predicted octanol–water partition coefficient (Wildman–Crippen LogP) is 3.26. The average Bonchev–Trinajstić information content (AvgIpc) is 2.55. The summed E-state index contributed by atoms with van der Waals surface area (Å²) in [5.41, 5.74) is 7.44. The lowest BCUT2D eigenvalue weighted by Crippen LogP contribution is -1.97. The van der Waals surface area contributed by atoms with Gasteiger partial charge < -0.3 is 20.0 Å². The molecule has 5 heteroatoms. The van der Waals surface area contributed by atoms with Gasteiger partial charge in [-0.1, -0.05) is 6.08 Å². The number of aromatic hydroxyl groups is 1. The van der Waals surface area contributed by atoms with Crippen LogP contribution in [0, 0.1) is 0 Å². The monoisotopic (exact) mass is 309 g/mol. The maximum atomic E-state index is 11.5. The third-order valence-corrected chi connectivity index (χ3v) is 3.49. The Morgan fingerprint density at radius 3 is 2.70 bits per heavy atom. The highest BCUT2D eigenvalue weighted by Crippen LogP contribution is 2.30. The standard InChI is InChI=1S/C18H15NO4/c1-22-16-8-3-11-4-9-17(21)23-18(11)14(16)6-2-12-10-13(19)5-7-15(12)20/h2-10,20H,19H2,1H3. The molecule has 3 aromatic rings. The number of nitrogen functional groups attached to an aromatic ring is 1. The van der Waals surface area contributed by atoms with Gasteiger partial charge in [-0.15, -0.1) is 0 Å². The van der Waals surface area contributed by atoms with Gasteiger partial charge in [0.05, 0.1) is 12.7 Å². The van der Waals surface area contributed by atoms with E-state index < -0.39 is 5.63 Å². The Balaban J connectivity index is 2.18. The van der Waals surface area contributed by atoms with E-state index >= 15 is 0 Å². The van der Waals surface area contributed by atoms with E-state index in [2.05, 4.69) is 0 Å². The number of ether oxygens (including phenoxy) is 1. The van der Waals surface area contributed by atoms with Gasteiger partial charge in [0.15, 0.2) is 0 Å². The summed E-state index contributed by atoms with van der Waals surface area (Å²) in [5.74, 6) is 0.669. The minimum atomic E-state index is -0.438. The number of anilines is 1. The second-order valence-electron chi connectivity index (χ2n) is 5.01. The minimum absolute atomic E-state index is 0.108. The molecule has 23 heavy (non-hydrogen) atoms. The molecule has 0 aliphatic rings. The quantitative estimate of drug-likeness (QED) is 0.336. The Kier molecular flexibility index (Phi) is 3.76. The zero-order valence-electron chi connectivity index (χ0n) is 12.4. The molecular weight excluding hydrogens is 294 g/mol. The van der Waals surface area contributed by atoms with E-state index in [0.717, 1.165) is 5.39 Å². The van der Waals surface area contributed by atoms with Gasteiger partial charge in [-0.2, -0.15) is 0 Å². The van der Waals surface area contributed by atoms with Crippen LogP contribution in [0.2, 0.25) is 0 Å². The number of phenols is 1. The molecule has 1 heterocycles. The van der Waals surface area contributed by atoms with E-state index in [-0.39, 0.29) is 5.75 Å². The van der Waals surface area contributed by atoms with Crippen LogP contribution in [-0.2, 0) is 0 Å². The van der Waals surface area contributed by atoms with Crippen LogP contribution in [0.15, 0.2) is 51.7 Å². The number of rotatable bonds is 3. The van der Waals surface area contributed by atoms with E-state index in [1.807, 2.05) is 6.07 Å². The maximum absolute atomic E-state index is 11.5. The number of hydrogen-bond acceptors (Lipinski definition) is 5. The summed E-state index contributed by atoms with van der Waals surface area (Å²) in [6.07, 6.45) is 3.41. The van der Waals surface area contributed by atoms with Gasteiger partial charge in [-0.3, -0.25) is 0 Å². The van der Waals surface area contributed by atoms with Crippen molar-refractivity contribution in [2.75, 3.05) is 12.8 Å². The van der Waals surface area contributed by atoms with E-state index in [1.165, 1.54) is 19.2 Å². The fraction of sp³-hybridized carbons (Fsp3) is 0.0556. The molecule has 0 saturated carbocycles. The van der Waals surface area contributed by atoms with E-state index in [9.17, 15) is 9.90 Å². The molecule has 0 spiro atoms. The molecule has 0 radical (unpaired) electrons. The van der Waals surface area contributed by atoms with Crippen molar-refractivity contribution in [2.24, 2.45) is 0 Å². The zero-order chi connectivity index (χ0) is 16.4. The first-order valence-corrected chi connectivity index (χ1v) is 6.96. The van der Waals surface area contributed by atoms with Crippen LogP contribution in [0.25, 0.3) is 23.1 Å². The molecule has 0 saturated heterocycles. The number of phenolic OH excluding ortho intramolecular Hbond substituents is 1. The van der Waals surface area contributed by atoms with Crippen LogP contribution < -0.4 is 16.1 Å². The van der Waals surface area contributed by atoms with Gasteiger partial charge in [-0.05, 0) is 42.5 Å². The summed E-state index contributed by atoms with van der Waals surface area (Å²) in [5, 5.41) is 10.7. The first kappa shape index (κ1) is 14.7. The van der Waals surface area contributed by atoms with Crippen molar-refractivity contribution < 1.29 is 14.3 Å². The largest absolute Gasteiger partial charge is 0.507 e. The normalized spacial score (nSPS) is 11.2. The van der Waals surface area contributed by atoms with Crippen LogP contribution in [-0.4, -0.2) is 12.2 Å². The second-order valence-corrected chi connectivity index (χ2v) is 5.01. The number of nitrogens with two attached hydrogens (primary N) is 1. The lowest BCUT2D eigenvalue weighted by molar-refractivity contribution is 0.413. The Labute approximate surface area is 132 Å². The summed E-state index contributed by atoms with van der Waals surface area (Å²) >= 11 is 0. The summed E-state index contributed by atoms with van der Waals surface area (Å²) in [6, 6.07) is 11.5. The van der Waals surface area contributed by atoms with Crippen molar-refractivity contribution >= 4 is 28.8 Å². The Morgan fingerprint density at radius 2 is 1.91 bits per heavy atom. The van der Waals surface area contributed by atoms with Gasteiger partial charge in [0, 0.05) is 22.7 Å². The van der Waals surface area contributed by atoms with Gasteiger partial charge >= 0.3 is 5.63 Å². The third-order valence-electron chi connectivity index (χ3n) is 3.49. The highest BCUT2D eigenvalue weighted by molar-refractivity contribution is 5.91. The van der Waals surface area contributed by atoms with Crippen LogP contribution in [0.4, 0.5) is 5.69 Å². The Hall–Kier alpha value is -3.21. The van der Waals surface area contributed by atoms with Crippen molar-refractivity contribution in [3.8, 4) is 11.5 Å². The lowest BCUT2D eigenvalue weighted by Gasteiger charge is -2.07. The summed E-state index contributed by atoms with van der Waals surface area (Å²) in [4.78, 5) is 11.5. The van der Waals surface area contributed by atoms with Crippen molar-refractivity contribution in [3.05, 3.63) is 64.0 Å². The van der Waals surface area contributed by atoms with Gasteiger partial charge in [0.1, 0.15) is 17.1 Å². The SMILES string of the molecule is COc1ccc2ccc(=O)oc2c1C=Cc1cc(N)ccc1O. The zero-order valence-corrected chi connectivity index (χ0v) is 12.4. The number of hydrogen-bond donors (Lipinski definition) is 2. The van der Waals surface area contributed by atoms with E-state index in [4.69, 9.17) is 14.9 Å². The van der Waals surface area contributed by atoms with Crippen molar-refractivity contribution in [1.82, 2.24) is 0 Å². The lowest BCUT2D eigenvalue weighted by atomic mass is 10.1. The van der Waals surface area contributed by atoms with Crippen LogP contribution >= 0.6 is 0 Å². The summed E-state index contributed by atoms with van der Waals surface area (Å²) in [7, 11) is 1.54. The highest BCUT2D eigenvalue weighted by Gasteiger charge is 2.09. The minimum Gasteiger partial charge on any atom is -0.507 e. The van der Waals surface area contributed by atoms with Crippen LogP contribution in [0.3, 0.4) is 0 Å². The molecule has 0 amide bonds. The maximum Gasteiger partial charge on any atom is 0.336 e. The van der Waals surface area contributed by atoms with E-state index in [1.54, 1.807) is 36.4 Å². The molecule has 116 valence electrons. The molecule has 3 N–H and O–H groups in total. The highest BCUT2D eigenvalue weighted by atomic mass is 16.5. The molecular formula is C18H15NO4. The number of fused-ring (bicyclic) bond motifs is 1. The summed E-state index contributed by atoms with van der Waals surface area (Å²) in [6.45, 7) is 0. The molecule has 0 bridgehead atoms. The first-order valence-electron chi connectivity index (χ1n) is 6.96. The van der Waals surface area contributed by atoms with Crippen LogP contribution in [0.5, 0.6) is 11.5 Å². The fourth-order valence-electron chi connectivity index (χ4n) is 2.35. The third kappa shape index (κ3) is 2.89. The Morgan fingerprint density at radius 1 is 1.13 bits per heavy atom. The van der Waals surface area contributed by atoms with Crippen molar-refractivity contribution in [2.45, 2.75) is 0 Å². The fourth-order valence-corrected chi connectivity index (χ4v) is 2.35. The number of methoxy groups -OCH3 is 1. The second kappa shape index (κ2) is 5.88. The van der Waals surface area contributed by atoms with Crippen molar-refractivity contribution in [1.29, 1.82) is 0 Å². The van der Waals surface area contributed by atoms with Crippen molar-refractivity contribution in [3.63, 3.8) is 0 Å². The average molecular weight is 309 g/mol. The molecule has 0 unspecified atom stereocenters. The van der Waals surface area contributed by atoms with Gasteiger partial charge in [0.2, 0.25) is 0 Å². The number of benzene rings is 2.